The minimum atomic E-state index is -3.30. The Morgan fingerprint density at radius 2 is 1.55 bits per heavy atom. The Morgan fingerprint density at radius 3 is 2.00 bits per heavy atom. The van der Waals surface area contributed by atoms with Crippen molar-refractivity contribution in [3.8, 4) is 0 Å². The molecule has 0 spiro atoms. The molecule has 0 radical (unpaired) electrons. The molecule has 2 N–H and O–H groups in total. The molecular weight excluding hydrogens is 765 g/mol. The third-order valence-corrected chi connectivity index (χ3v) is 15.5. The zero-order chi connectivity index (χ0) is 30.4. The minimum absolute atomic E-state index is 0.366. The van der Waals surface area contributed by atoms with Crippen LogP contribution in [0.4, 0.5) is 5.00 Å². The Hall–Kier alpha value is -1.22. The van der Waals surface area contributed by atoms with Crippen LogP contribution in [-0.2, 0) is 22.8 Å². The van der Waals surface area contributed by atoms with Gasteiger partial charge in [-0.25, -0.2) is 13.3 Å². The van der Waals surface area contributed by atoms with Crippen molar-refractivity contribution in [1.29, 1.82) is 0 Å². The van der Waals surface area contributed by atoms with Crippen LogP contribution < -0.4 is 5.73 Å². The Balaban J connectivity index is 0.000000163. The van der Waals surface area contributed by atoms with Crippen molar-refractivity contribution in [2.24, 2.45) is 5.73 Å². The van der Waals surface area contributed by atoms with Crippen molar-refractivity contribution in [2.45, 2.75) is 40.9 Å². The quantitative estimate of drug-likeness (QED) is 0.130. The molecule has 0 bridgehead atoms. The molecule has 0 amide bonds. The summed E-state index contributed by atoms with van der Waals surface area (Å²) in [5.74, 6) is 0. The van der Waals surface area contributed by atoms with E-state index in [0.29, 0.717) is 15.0 Å². The first kappa shape index (κ1) is 35.3. The number of sulfone groups is 1. The molecule has 220 valence electrons. The van der Waals surface area contributed by atoms with Crippen molar-refractivity contribution in [2.75, 3.05) is 0 Å². The summed E-state index contributed by atoms with van der Waals surface area (Å²) in [4.78, 5) is 5.58. The van der Waals surface area contributed by atoms with Crippen LogP contribution in [0.2, 0.25) is 0 Å². The van der Waals surface area contributed by atoms with E-state index in [4.69, 9.17) is 12.3 Å². The van der Waals surface area contributed by atoms with Crippen molar-refractivity contribution < 1.29 is 8.42 Å². The van der Waals surface area contributed by atoms with Crippen LogP contribution in [0.3, 0.4) is 0 Å². The van der Waals surface area contributed by atoms with Gasteiger partial charge in [-0.05, 0) is 93.1 Å². The highest BCUT2D eigenvalue weighted by Gasteiger charge is 2.20. The van der Waals surface area contributed by atoms with Crippen LogP contribution in [-0.4, -0.2) is 8.42 Å². The lowest BCUT2D eigenvalue weighted by Gasteiger charge is -1.96. The van der Waals surface area contributed by atoms with E-state index in [2.05, 4.69) is 70.0 Å². The smallest absolute Gasteiger partial charge is 0.242 e. The topological polar surface area (TPSA) is 64.5 Å². The summed E-state index contributed by atoms with van der Waals surface area (Å²) < 4.78 is 29.6. The van der Waals surface area contributed by atoms with Gasteiger partial charge in [0.2, 0.25) is 14.8 Å². The van der Waals surface area contributed by atoms with Gasteiger partial charge in [0.25, 0.3) is 0 Å². The first-order valence-corrected chi connectivity index (χ1v) is 20.6. The van der Waals surface area contributed by atoms with E-state index >= 15 is 0 Å². The predicted molar refractivity (Wildman–Crippen MR) is 194 cm³/mol. The summed E-state index contributed by atoms with van der Waals surface area (Å²) >= 11 is 18.4. The summed E-state index contributed by atoms with van der Waals surface area (Å²) in [6.45, 7) is 9.15. The second-order valence-corrected chi connectivity index (χ2v) is 20.0. The van der Waals surface area contributed by atoms with Crippen LogP contribution in [0.15, 0.2) is 114 Å². The Labute approximate surface area is 289 Å². The number of rotatable bonds is 6. The average Bonchev–Trinajstić information content (AvgIpc) is 3.83. The third kappa shape index (κ3) is 11.7. The van der Waals surface area contributed by atoms with Gasteiger partial charge in [-0.1, -0.05) is 36.9 Å². The van der Waals surface area contributed by atoms with Gasteiger partial charge in [-0.2, -0.15) is 0 Å². The molecule has 4 nitrogen and oxygen atoms in total. The molecular formula is C28H25BrN2O2S9. The van der Waals surface area contributed by atoms with Crippen LogP contribution in [0.1, 0.15) is 16.7 Å². The van der Waals surface area contributed by atoms with E-state index in [1.165, 1.54) is 47.3 Å². The zero-order valence-corrected chi connectivity index (χ0v) is 31.0. The highest BCUT2D eigenvalue weighted by atomic mass is 79.9. The summed E-state index contributed by atoms with van der Waals surface area (Å²) in [6, 6.07) is 23.0. The summed E-state index contributed by atoms with van der Waals surface area (Å²) in [6.07, 6.45) is 1.15. The molecule has 6 heterocycles. The Morgan fingerprint density at radius 1 is 0.833 bits per heavy atom. The molecule has 14 heteroatoms. The highest BCUT2D eigenvalue weighted by molar-refractivity contribution is 9.11. The van der Waals surface area contributed by atoms with Crippen molar-refractivity contribution in [3.05, 3.63) is 114 Å². The average molecular weight is 790 g/mol. The van der Waals surface area contributed by atoms with E-state index in [9.17, 15) is 8.42 Å². The van der Waals surface area contributed by atoms with Crippen LogP contribution in [0.5, 0.6) is 0 Å². The molecule has 0 fully saturated rings. The van der Waals surface area contributed by atoms with Crippen molar-refractivity contribution >= 4 is 123 Å². The van der Waals surface area contributed by atoms with Crippen molar-refractivity contribution in [3.63, 3.8) is 0 Å². The number of aryl methyl sites for hydroxylation is 1. The number of hydrogen-bond acceptors (Lipinski definition) is 11. The molecule has 0 saturated carbocycles. The number of nitrogens with zero attached hydrogens (tertiary/aromatic N) is 1. The molecule has 42 heavy (non-hydrogen) atoms. The SMILES string of the molecule is CCc1ccc(Sc2cccs2)s1.NCc1ccc(S(=O)(=O)c2cccs2)s1.Sc1cccs1.[C-]#[N+]c1ccc(Br)s1. The maximum absolute atomic E-state index is 12.0. The van der Waals surface area contributed by atoms with E-state index < -0.39 is 9.84 Å². The fraction of sp³-hybridized carbons (Fsp3) is 0.107. The molecule has 6 aromatic heterocycles. The molecule has 0 unspecified atom stereocenters. The second-order valence-electron chi connectivity index (χ2n) is 7.61. The largest absolute Gasteiger partial charge is 0.326 e. The lowest BCUT2D eigenvalue weighted by Crippen LogP contribution is -1.96. The maximum Gasteiger partial charge on any atom is 0.242 e. The fourth-order valence-corrected chi connectivity index (χ4v) is 11.7. The molecule has 0 atom stereocenters. The normalized spacial score (nSPS) is 10.4. The number of thiophene rings is 6. The van der Waals surface area contributed by atoms with Gasteiger partial charge < -0.3 is 5.73 Å². The monoisotopic (exact) mass is 788 g/mol. The number of thiol groups is 1. The lowest BCUT2D eigenvalue weighted by molar-refractivity contribution is 0.600. The van der Waals surface area contributed by atoms with Gasteiger partial charge in [-0.3, -0.25) is 0 Å². The van der Waals surface area contributed by atoms with Gasteiger partial charge in [0, 0.05) is 16.3 Å². The molecule has 0 aromatic carbocycles. The van der Waals surface area contributed by atoms with Gasteiger partial charge >= 0.3 is 0 Å². The van der Waals surface area contributed by atoms with E-state index in [1.54, 1.807) is 58.4 Å². The number of hydrogen-bond donors (Lipinski definition) is 2. The fourth-order valence-electron chi connectivity index (χ4n) is 2.79. The number of halogens is 1. The summed E-state index contributed by atoms with van der Waals surface area (Å²) in [7, 11) is -3.30. The maximum atomic E-state index is 12.0. The van der Waals surface area contributed by atoms with Crippen LogP contribution >= 0.6 is 108 Å². The van der Waals surface area contributed by atoms with E-state index in [1.807, 2.05) is 46.7 Å². The first-order chi connectivity index (χ1) is 20.2. The molecule has 0 saturated heterocycles. The molecule has 6 rings (SSSR count). The Bertz CT molecular complexity index is 1730. The number of nitrogens with two attached hydrogens (primary N) is 1. The lowest BCUT2D eigenvalue weighted by atomic mass is 10.4. The second kappa shape index (κ2) is 18.6. The molecule has 0 aliphatic carbocycles. The first-order valence-electron chi connectivity index (χ1n) is 12.0. The predicted octanol–water partition coefficient (Wildman–Crippen LogP) is 11.7. The standard InChI is InChI=1S/C10H10S3.C9H9NO2S3.C5H2BrNS.C4H4S2/c1-2-8-5-6-10(12-8)13-9-4-3-7-11-9;10-6-7-3-4-9(14-7)15(11,12)8-2-1-5-13-8;1-7-5-3-2-4(6)8-5;5-4-2-1-3-6-4/h3-7H,2H2,1H3;1-5H,6,10H2;2-3H;1-3,5H. The van der Waals surface area contributed by atoms with E-state index in [-0.39, 0.29) is 0 Å². The van der Waals surface area contributed by atoms with Gasteiger partial charge in [0.05, 0.1) is 23.0 Å². The Kier molecular flexibility index (Phi) is 15.6. The zero-order valence-electron chi connectivity index (χ0n) is 22.0. The van der Waals surface area contributed by atoms with Gasteiger partial charge in [0.1, 0.15) is 8.42 Å². The highest BCUT2D eigenvalue weighted by Crippen LogP contribution is 2.36. The van der Waals surface area contributed by atoms with Crippen LogP contribution in [0.25, 0.3) is 4.85 Å². The van der Waals surface area contributed by atoms with Gasteiger partial charge in [-0.15, -0.1) is 80.6 Å². The molecule has 6 aromatic rings. The minimum Gasteiger partial charge on any atom is -0.326 e. The van der Waals surface area contributed by atoms with Gasteiger partial charge in [0.15, 0.2) is 0 Å². The summed E-state index contributed by atoms with van der Waals surface area (Å²) in [5.41, 5.74) is 5.44. The van der Waals surface area contributed by atoms with Crippen molar-refractivity contribution in [1.82, 2.24) is 0 Å². The molecule has 0 aliphatic rings. The van der Waals surface area contributed by atoms with Crippen LogP contribution in [0, 0.1) is 6.57 Å². The van der Waals surface area contributed by atoms with E-state index in [0.717, 1.165) is 24.3 Å². The molecule has 0 aliphatic heterocycles. The summed E-state index contributed by atoms with van der Waals surface area (Å²) in [5, 5.41) is 6.61. The third-order valence-electron chi connectivity index (χ3n) is 4.72.